The first-order chi connectivity index (χ1) is 17.7. The van der Waals surface area contributed by atoms with E-state index >= 15 is 0 Å². The molecule has 9 heteroatoms. The molecule has 0 unspecified atom stereocenters. The van der Waals surface area contributed by atoms with Crippen molar-refractivity contribution >= 4 is 17.6 Å². The second-order valence-corrected chi connectivity index (χ2v) is 9.34. The topological polar surface area (TPSA) is 107 Å². The average molecular weight is 483 g/mol. The first-order valence-corrected chi connectivity index (χ1v) is 12.6. The molecule has 0 spiro atoms. The number of aromatic nitrogens is 5. The summed E-state index contributed by atoms with van der Waals surface area (Å²) >= 11 is 0. The molecule has 1 fully saturated rings. The number of aryl methyl sites for hydroxylation is 2. The predicted octanol–water partition coefficient (Wildman–Crippen LogP) is 4.01. The van der Waals surface area contributed by atoms with Crippen LogP contribution < -0.4 is 15.8 Å². The van der Waals surface area contributed by atoms with Crippen LogP contribution in [0.25, 0.3) is 17.1 Å². The molecule has 2 aromatic heterocycles. The molecule has 9 nitrogen and oxygen atoms in total. The molecule has 0 bridgehead atoms. The van der Waals surface area contributed by atoms with Crippen molar-refractivity contribution in [2.24, 2.45) is 0 Å². The summed E-state index contributed by atoms with van der Waals surface area (Å²) in [5.41, 5.74) is 11.6. The van der Waals surface area contributed by atoms with Gasteiger partial charge < -0.3 is 15.8 Å². The number of nitrogens with zero attached hydrogens (tertiary/aromatic N) is 6. The van der Waals surface area contributed by atoms with E-state index in [1.54, 1.807) is 0 Å². The SMILES string of the molecule is Nc1nc(Nc2ccc(OCCN3CCCC3)cc2)nn1-c1cc2c(nn1)-c1ccccc1CCC2. The van der Waals surface area contributed by atoms with Gasteiger partial charge in [-0.2, -0.15) is 9.67 Å². The van der Waals surface area contributed by atoms with Crippen LogP contribution in [-0.4, -0.2) is 56.1 Å². The van der Waals surface area contributed by atoms with Crippen LogP contribution in [0.2, 0.25) is 0 Å². The number of hydrogen-bond donors (Lipinski definition) is 2. The van der Waals surface area contributed by atoms with Gasteiger partial charge in [0.1, 0.15) is 12.4 Å². The van der Waals surface area contributed by atoms with E-state index < -0.39 is 0 Å². The van der Waals surface area contributed by atoms with Gasteiger partial charge >= 0.3 is 0 Å². The molecule has 1 saturated heterocycles. The zero-order chi connectivity index (χ0) is 24.3. The molecule has 0 saturated carbocycles. The van der Waals surface area contributed by atoms with Crippen LogP contribution in [0.1, 0.15) is 30.4 Å². The third kappa shape index (κ3) is 4.74. The van der Waals surface area contributed by atoms with Gasteiger partial charge in [0, 0.05) is 17.8 Å². The van der Waals surface area contributed by atoms with Crippen LogP contribution in [0, 0.1) is 0 Å². The second kappa shape index (κ2) is 9.94. The van der Waals surface area contributed by atoms with Gasteiger partial charge in [-0.25, -0.2) is 0 Å². The Bertz CT molecular complexity index is 1340. The number of hydrogen-bond acceptors (Lipinski definition) is 8. The molecular weight excluding hydrogens is 452 g/mol. The lowest BCUT2D eigenvalue weighted by Crippen LogP contribution is -2.25. The zero-order valence-electron chi connectivity index (χ0n) is 20.2. The highest BCUT2D eigenvalue weighted by atomic mass is 16.5. The Kier molecular flexibility index (Phi) is 6.21. The summed E-state index contributed by atoms with van der Waals surface area (Å²) in [6, 6.07) is 18.2. The quantitative estimate of drug-likeness (QED) is 0.407. The van der Waals surface area contributed by atoms with E-state index in [0.29, 0.717) is 18.4 Å². The summed E-state index contributed by atoms with van der Waals surface area (Å²) < 4.78 is 7.42. The smallest absolute Gasteiger partial charge is 0.248 e. The summed E-state index contributed by atoms with van der Waals surface area (Å²) in [6.45, 7) is 4.03. The van der Waals surface area contributed by atoms with E-state index in [0.717, 1.165) is 54.1 Å². The molecule has 2 aromatic carbocycles. The van der Waals surface area contributed by atoms with Crippen molar-refractivity contribution in [2.45, 2.75) is 32.1 Å². The lowest BCUT2D eigenvalue weighted by Gasteiger charge is -2.15. The molecule has 36 heavy (non-hydrogen) atoms. The number of benzene rings is 2. The largest absolute Gasteiger partial charge is 0.492 e. The fraction of sp³-hybridized carbons (Fsp3) is 0.333. The van der Waals surface area contributed by atoms with E-state index in [2.05, 4.69) is 48.7 Å². The van der Waals surface area contributed by atoms with Crippen LogP contribution in [0.3, 0.4) is 0 Å². The molecule has 6 rings (SSSR count). The van der Waals surface area contributed by atoms with E-state index in [1.807, 2.05) is 36.4 Å². The van der Waals surface area contributed by atoms with E-state index in [-0.39, 0.29) is 5.95 Å². The van der Waals surface area contributed by atoms with Gasteiger partial charge in [0.15, 0.2) is 5.82 Å². The molecule has 4 aromatic rings. The van der Waals surface area contributed by atoms with Gasteiger partial charge in [0.05, 0.1) is 5.69 Å². The first kappa shape index (κ1) is 22.5. The third-order valence-electron chi connectivity index (χ3n) is 6.86. The number of anilines is 3. The van der Waals surface area contributed by atoms with Crippen LogP contribution in [0.15, 0.2) is 54.6 Å². The lowest BCUT2D eigenvalue weighted by atomic mass is 10.0. The molecule has 0 radical (unpaired) electrons. The maximum atomic E-state index is 6.20. The first-order valence-electron chi connectivity index (χ1n) is 12.6. The Labute approximate surface area is 210 Å². The van der Waals surface area contributed by atoms with Crippen LogP contribution in [-0.2, 0) is 12.8 Å². The van der Waals surface area contributed by atoms with Crippen LogP contribution in [0.4, 0.5) is 17.6 Å². The Morgan fingerprint density at radius 1 is 0.917 bits per heavy atom. The molecule has 184 valence electrons. The highest BCUT2D eigenvalue weighted by Crippen LogP contribution is 2.31. The van der Waals surface area contributed by atoms with E-state index in [1.165, 1.54) is 36.2 Å². The summed E-state index contributed by atoms with van der Waals surface area (Å²) in [6.07, 6.45) is 5.61. The number of nitrogens with two attached hydrogens (primary N) is 1. The Morgan fingerprint density at radius 2 is 1.72 bits per heavy atom. The minimum atomic E-state index is 0.252. The van der Waals surface area contributed by atoms with E-state index in [9.17, 15) is 0 Å². The van der Waals surface area contributed by atoms with Gasteiger partial charge in [-0.15, -0.1) is 15.3 Å². The number of fused-ring (bicyclic) bond motifs is 3. The van der Waals surface area contributed by atoms with Crippen LogP contribution >= 0.6 is 0 Å². The van der Waals surface area contributed by atoms with Gasteiger partial charge in [0.2, 0.25) is 11.9 Å². The minimum Gasteiger partial charge on any atom is -0.492 e. The van der Waals surface area contributed by atoms with Gasteiger partial charge in [-0.3, -0.25) is 4.90 Å². The number of likely N-dealkylation sites (tertiary alicyclic amines) is 1. The van der Waals surface area contributed by atoms with Crippen molar-refractivity contribution < 1.29 is 4.74 Å². The normalized spacial score (nSPS) is 15.2. The van der Waals surface area contributed by atoms with Gasteiger partial charge in [0.25, 0.3) is 0 Å². The van der Waals surface area contributed by atoms with Crippen molar-refractivity contribution in [1.29, 1.82) is 0 Å². The number of nitrogen functional groups attached to an aromatic ring is 1. The van der Waals surface area contributed by atoms with Crippen molar-refractivity contribution in [3.8, 4) is 22.8 Å². The highest BCUT2D eigenvalue weighted by Gasteiger charge is 2.19. The molecular formula is C27H30N8O. The number of rotatable bonds is 7. The average Bonchev–Trinajstić information content (AvgIpc) is 3.50. The molecule has 1 aliphatic carbocycles. The van der Waals surface area contributed by atoms with Crippen molar-refractivity contribution in [3.05, 3.63) is 65.7 Å². The summed E-state index contributed by atoms with van der Waals surface area (Å²) in [5.74, 6) is 2.06. The van der Waals surface area contributed by atoms with Gasteiger partial charge in [-0.1, -0.05) is 24.3 Å². The molecule has 1 aliphatic heterocycles. The number of nitrogens with one attached hydrogen (secondary N) is 1. The van der Waals surface area contributed by atoms with E-state index in [4.69, 9.17) is 10.5 Å². The molecule has 3 heterocycles. The van der Waals surface area contributed by atoms with Crippen molar-refractivity contribution in [2.75, 3.05) is 37.3 Å². The maximum Gasteiger partial charge on any atom is 0.248 e. The summed E-state index contributed by atoms with van der Waals surface area (Å²) in [7, 11) is 0. The van der Waals surface area contributed by atoms with Crippen molar-refractivity contribution in [3.63, 3.8) is 0 Å². The van der Waals surface area contributed by atoms with Gasteiger partial charge in [-0.05, 0) is 86.7 Å². The summed E-state index contributed by atoms with van der Waals surface area (Å²) in [5, 5.41) is 16.7. The molecule has 2 aliphatic rings. The zero-order valence-corrected chi connectivity index (χ0v) is 20.2. The highest BCUT2D eigenvalue weighted by molar-refractivity contribution is 5.68. The predicted molar refractivity (Wildman–Crippen MR) is 140 cm³/mol. The fourth-order valence-electron chi connectivity index (χ4n) is 4.99. The fourth-order valence-corrected chi connectivity index (χ4v) is 4.99. The minimum absolute atomic E-state index is 0.252. The third-order valence-corrected chi connectivity index (χ3v) is 6.86. The molecule has 0 atom stereocenters. The standard InChI is InChI=1S/C27H30N8O/c28-26-30-27(29-21-10-12-22(13-11-21)36-17-16-34-14-3-4-15-34)33-35(26)24-18-20-8-5-7-19-6-1-2-9-23(19)25(20)32-31-24/h1-2,6,9-13,18H,3-5,7-8,14-17H2,(H3,28,29,30,33). The second-order valence-electron chi connectivity index (χ2n) is 9.34. The Morgan fingerprint density at radius 3 is 2.58 bits per heavy atom. The van der Waals surface area contributed by atoms with Crippen molar-refractivity contribution in [1.82, 2.24) is 29.9 Å². The summed E-state index contributed by atoms with van der Waals surface area (Å²) in [4.78, 5) is 6.82. The lowest BCUT2D eigenvalue weighted by molar-refractivity contribution is 0.238. The van der Waals surface area contributed by atoms with Crippen LogP contribution in [0.5, 0.6) is 5.75 Å². The molecule has 3 N–H and O–H groups in total. The number of ether oxygens (including phenoxy) is 1. The Hall–Kier alpha value is -3.98. The maximum absolute atomic E-state index is 6.20. The molecule has 0 amide bonds. The Balaban J connectivity index is 1.14. The monoisotopic (exact) mass is 482 g/mol.